The summed E-state index contributed by atoms with van der Waals surface area (Å²) < 4.78 is 33.9. The van der Waals surface area contributed by atoms with Crippen molar-refractivity contribution in [1.82, 2.24) is 0 Å². The number of carbonyl (C=O) groups excluding carboxylic acids is 2. The van der Waals surface area contributed by atoms with Crippen molar-refractivity contribution in [2.24, 2.45) is 4.99 Å². The zero-order valence-corrected chi connectivity index (χ0v) is 15.2. The molecule has 0 spiro atoms. The number of cyclic esters (lactones) is 1. The van der Waals surface area contributed by atoms with Crippen LogP contribution in [0.15, 0.2) is 59.2 Å². The Labute approximate surface area is 165 Å². The maximum Gasteiger partial charge on any atom is 0.387 e. The molecule has 1 fully saturated rings. The number of ether oxygens (including phenoxy) is 2. The number of rotatable bonds is 5. The minimum atomic E-state index is -2.90. The second-order valence-corrected chi connectivity index (χ2v) is 6.48. The molecule has 0 bridgehead atoms. The number of carbonyl (C=O) groups is 2. The highest BCUT2D eigenvalue weighted by Gasteiger charge is 2.25. The predicted octanol–water partition coefficient (Wildman–Crippen LogP) is 3.76. The number of nitrogens with zero attached hydrogens (tertiary/aromatic N) is 2. The van der Waals surface area contributed by atoms with Crippen LogP contribution in [0, 0.1) is 0 Å². The lowest BCUT2D eigenvalue weighted by Gasteiger charge is -2.15. The second-order valence-electron chi connectivity index (χ2n) is 6.48. The molecule has 8 heteroatoms. The van der Waals surface area contributed by atoms with Crippen LogP contribution in [0.1, 0.15) is 24.0 Å². The molecule has 0 aliphatic carbocycles. The van der Waals surface area contributed by atoms with Gasteiger partial charge < -0.3 is 14.4 Å². The number of alkyl halides is 2. The van der Waals surface area contributed by atoms with Crippen LogP contribution < -0.4 is 9.64 Å². The Bertz CT molecular complexity index is 998. The maximum atomic E-state index is 12.2. The van der Waals surface area contributed by atoms with E-state index >= 15 is 0 Å². The zero-order chi connectivity index (χ0) is 20.4. The second kappa shape index (κ2) is 7.83. The first-order valence-electron chi connectivity index (χ1n) is 8.98. The summed E-state index contributed by atoms with van der Waals surface area (Å²) in [5, 5.41) is 0. The van der Waals surface area contributed by atoms with Gasteiger partial charge in [-0.2, -0.15) is 8.78 Å². The first-order chi connectivity index (χ1) is 14.0. The van der Waals surface area contributed by atoms with Crippen molar-refractivity contribution in [2.45, 2.75) is 19.5 Å². The highest BCUT2D eigenvalue weighted by atomic mass is 19.3. The highest BCUT2D eigenvalue weighted by Crippen LogP contribution is 2.24. The lowest BCUT2D eigenvalue weighted by atomic mass is 10.2. The quantitative estimate of drug-likeness (QED) is 0.568. The fourth-order valence-electron chi connectivity index (χ4n) is 3.14. The fraction of sp³-hybridized carbons (Fsp3) is 0.190. The molecule has 1 saturated heterocycles. The van der Waals surface area contributed by atoms with E-state index in [9.17, 15) is 18.4 Å². The zero-order valence-electron chi connectivity index (χ0n) is 15.2. The first kappa shape index (κ1) is 18.8. The van der Waals surface area contributed by atoms with Gasteiger partial charge in [0.1, 0.15) is 5.75 Å². The normalized spacial score (nSPS) is 17.8. The van der Waals surface area contributed by atoms with Crippen LogP contribution in [0.2, 0.25) is 0 Å². The van der Waals surface area contributed by atoms with E-state index in [-0.39, 0.29) is 23.3 Å². The summed E-state index contributed by atoms with van der Waals surface area (Å²) >= 11 is 0. The Morgan fingerprint density at radius 3 is 2.41 bits per heavy atom. The molecule has 0 aromatic heterocycles. The van der Waals surface area contributed by atoms with Gasteiger partial charge in [0.2, 0.25) is 11.8 Å². The fourth-order valence-corrected chi connectivity index (χ4v) is 3.14. The molecule has 2 aromatic carbocycles. The molecule has 2 heterocycles. The molecule has 0 atom stereocenters. The number of hydrogen-bond donors (Lipinski definition) is 0. The molecule has 29 heavy (non-hydrogen) atoms. The van der Waals surface area contributed by atoms with Gasteiger partial charge in [0, 0.05) is 24.2 Å². The molecule has 148 valence electrons. The summed E-state index contributed by atoms with van der Waals surface area (Å²) in [4.78, 5) is 29.9. The molecule has 0 unspecified atom stereocenters. The topological polar surface area (TPSA) is 68.2 Å². The lowest BCUT2D eigenvalue weighted by molar-refractivity contribution is -0.130. The molecular formula is C21H16F2N2O4. The Morgan fingerprint density at radius 2 is 1.79 bits per heavy atom. The van der Waals surface area contributed by atoms with E-state index in [1.165, 1.54) is 30.3 Å². The van der Waals surface area contributed by atoms with Crippen molar-refractivity contribution >= 4 is 29.5 Å². The Balaban J connectivity index is 1.51. The van der Waals surface area contributed by atoms with Gasteiger partial charge in [-0.3, -0.25) is 4.79 Å². The van der Waals surface area contributed by atoms with E-state index in [1.54, 1.807) is 29.2 Å². The molecule has 2 aliphatic rings. The average molecular weight is 398 g/mol. The maximum absolute atomic E-state index is 12.2. The summed E-state index contributed by atoms with van der Waals surface area (Å²) in [7, 11) is 0. The highest BCUT2D eigenvalue weighted by molar-refractivity contribution is 6.13. The van der Waals surface area contributed by atoms with Crippen LogP contribution in [0.25, 0.3) is 6.08 Å². The van der Waals surface area contributed by atoms with E-state index in [4.69, 9.17) is 4.74 Å². The third-order valence-corrected chi connectivity index (χ3v) is 4.53. The van der Waals surface area contributed by atoms with Crippen molar-refractivity contribution in [3.8, 4) is 5.75 Å². The number of anilines is 1. The van der Waals surface area contributed by atoms with E-state index in [0.29, 0.717) is 24.1 Å². The largest absolute Gasteiger partial charge is 0.435 e. The molecular weight excluding hydrogens is 382 g/mol. The van der Waals surface area contributed by atoms with Gasteiger partial charge in [-0.15, -0.1) is 0 Å². The number of aliphatic imine (C=N–C) groups is 1. The molecule has 0 radical (unpaired) electrons. The summed E-state index contributed by atoms with van der Waals surface area (Å²) in [6.45, 7) is -2.20. The number of hydrogen-bond acceptors (Lipinski definition) is 5. The van der Waals surface area contributed by atoms with Gasteiger partial charge in [-0.05, 0) is 54.5 Å². The van der Waals surface area contributed by atoms with E-state index in [0.717, 1.165) is 12.1 Å². The van der Waals surface area contributed by atoms with Crippen molar-refractivity contribution in [1.29, 1.82) is 0 Å². The van der Waals surface area contributed by atoms with E-state index in [2.05, 4.69) is 9.73 Å². The van der Waals surface area contributed by atoms with Crippen molar-refractivity contribution < 1.29 is 27.8 Å². The molecule has 0 saturated carbocycles. The summed E-state index contributed by atoms with van der Waals surface area (Å²) in [6.07, 6.45) is 2.89. The van der Waals surface area contributed by atoms with Crippen molar-refractivity contribution in [3.05, 3.63) is 65.4 Å². The Hall–Kier alpha value is -3.55. The molecule has 4 rings (SSSR count). The number of esters is 1. The van der Waals surface area contributed by atoms with Crippen LogP contribution in [-0.4, -0.2) is 30.9 Å². The van der Waals surface area contributed by atoms with Gasteiger partial charge in [-0.1, -0.05) is 12.1 Å². The standard InChI is InChI=1S/C21H16F2N2O4/c22-21(23)28-16-9-3-13(4-10-16)12-17-20(27)29-19(24-17)14-5-7-15(8-6-14)25-11-1-2-18(25)26/h3-10,12,21H,1-2,11H2/b17-12-. The van der Waals surface area contributed by atoms with Gasteiger partial charge in [0.25, 0.3) is 0 Å². The number of benzene rings is 2. The molecule has 6 nitrogen and oxygen atoms in total. The first-order valence-corrected chi connectivity index (χ1v) is 8.98. The van der Waals surface area contributed by atoms with Crippen LogP contribution in [-0.2, 0) is 14.3 Å². The molecule has 2 aromatic rings. The Morgan fingerprint density at radius 1 is 1.07 bits per heavy atom. The number of halogens is 2. The van der Waals surface area contributed by atoms with Crippen LogP contribution in [0.4, 0.5) is 14.5 Å². The van der Waals surface area contributed by atoms with Gasteiger partial charge in [0.05, 0.1) is 0 Å². The summed E-state index contributed by atoms with van der Waals surface area (Å²) in [5.41, 5.74) is 2.09. The average Bonchev–Trinajstić information content (AvgIpc) is 3.29. The van der Waals surface area contributed by atoms with Crippen LogP contribution in [0.5, 0.6) is 5.75 Å². The van der Waals surface area contributed by atoms with Gasteiger partial charge in [-0.25, -0.2) is 9.79 Å². The van der Waals surface area contributed by atoms with Crippen LogP contribution in [0.3, 0.4) is 0 Å². The summed E-state index contributed by atoms with van der Waals surface area (Å²) in [6, 6.07) is 12.9. The Kier molecular flexibility index (Phi) is 5.07. The van der Waals surface area contributed by atoms with E-state index < -0.39 is 12.6 Å². The lowest BCUT2D eigenvalue weighted by Crippen LogP contribution is -2.23. The summed E-state index contributed by atoms with van der Waals surface area (Å²) in [5.74, 6) is -0.320. The third kappa shape index (κ3) is 4.16. The van der Waals surface area contributed by atoms with Crippen molar-refractivity contribution in [3.63, 3.8) is 0 Å². The molecule has 0 N–H and O–H groups in total. The van der Waals surface area contributed by atoms with Gasteiger partial charge in [0.15, 0.2) is 5.70 Å². The third-order valence-electron chi connectivity index (χ3n) is 4.53. The smallest absolute Gasteiger partial charge is 0.387 e. The van der Waals surface area contributed by atoms with Crippen LogP contribution >= 0.6 is 0 Å². The van der Waals surface area contributed by atoms with Crippen molar-refractivity contribution in [2.75, 3.05) is 11.4 Å². The molecule has 2 aliphatic heterocycles. The SMILES string of the molecule is O=C1OC(c2ccc(N3CCCC3=O)cc2)=N/C1=C\c1ccc(OC(F)F)cc1. The minimum Gasteiger partial charge on any atom is -0.435 e. The van der Waals surface area contributed by atoms with Gasteiger partial charge >= 0.3 is 12.6 Å². The molecule has 1 amide bonds. The monoisotopic (exact) mass is 398 g/mol. The number of amides is 1. The minimum absolute atomic E-state index is 0.0249. The van der Waals surface area contributed by atoms with E-state index in [1.807, 2.05) is 0 Å². The predicted molar refractivity (Wildman–Crippen MR) is 102 cm³/mol.